The first-order valence-corrected chi connectivity index (χ1v) is 5.98. The Morgan fingerprint density at radius 2 is 2.28 bits per heavy atom. The highest BCUT2D eigenvalue weighted by Gasteiger charge is 2.11. The van der Waals surface area contributed by atoms with Crippen molar-refractivity contribution >= 4 is 11.7 Å². The van der Waals surface area contributed by atoms with Crippen LogP contribution in [0.4, 0.5) is 5.82 Å². The van der Waals surface area contributed by atoms with Crippen LogP contribution in [0.25, 0.3) is 0 Å². The lowest BCUT2D eigenvalue weighted by Crippen LogP contribution is -2.28. The van der Waals surface area contributed by atoms with Gasteiger partial charge < -0.3 is 15.4 Å². The molecule has 0 bridgehead atoms. The molecule has 1 amide bonds. The Labute approximate surface area is 107 Å². The second-order valence-electron chi connectivity index (χ2n) is 4.09. The van der Waals surface area contributed by atoms with Gasteiger partial charge in [-0.1, -0.05) is 0 Å². The van der Waals surface area contributed by atoms with E-state index in [0.717, 1.165) is 19.3 Å². The number of carbonyl (C=O) groups is 1. The van der Waals surface area contributed by atoms with Gasteiger partial charge in [-0.3, -0.25) is 4.79 Å². The van der Waals surface area contributed by atoms with Crippen molar-refractivity contribution < 1.29 is 9.90 Å². The van der Waals surface area contributed by atoms with E-state index in [0.29, 0.717) is 17.9 Å². The number of aromatic nitrogens is 1. The Bertz CT molecular complexity index is 384. The van der Waals surface area contributed by atoms with E-state index in [-0.39, 0.29) is 12.5 Å². The summed E-state index contributed by atoms with van der Waals surface area (Å²) in [6, 6.07) is 3.28. The predicted molar refractivity (Wildman–Crippen MR) is 69.9 cm³/mol. The number of hydrazine groups is 1. The lowest BCUT2D eigenvalue weighted by atomic mass is 10.2. The van der Waals surface area contributed by atoms with Crippen LogP contribution in [0, 0.1) is 0 Å². The van der Waals surface area contributed by atoms with Gasteiger partial charge in [0.05, 0.1) is 0 Å². The smallest absolute Gasteiger partial charge is 0.253 e. The predicted octanol–water partition coefficient (Wildman–Crippen LogP) is 0.602. The van der Waals surface area contributed by atoms with E-state index in [1.54, 1.807) is 30.3 Å². The molecule has 0 fully saturated rings. The molecule has 0 saturated heterocycles. The van der Waals surface area contributed by atoms with Crippen LogP contribution in [-0.2, 0) is 0 Å². The molecule has 0 spiro atoms. The minimum Gasteiger partial charge on any atom is -0.396 e. The SMILES string of the molecule is CN(CCCCCO)C(=O)c1ccnc(NN)c1. The van der Waals surface area contributed by atoms with Crippen LogP contribution in [-0.4, -0.2) is 41.1 Å². The number of anilines is 1. The number of aliphatic hydroxyl groups excluding tert-OH is 1. The van der Waals surface area contributed by atoms with Gasteiger partial charge in [-0.15, -0.1) is 0 Å². The Hall–Kier alpha value is -1.66. The molecule has 4 N–H and O–H groups in total. The first-order chi connectivity index (χ1) is 8.69. The highest BCUT2D eigenvalue weighted by atomic mass is 16.2. The third-order valence-corrected chi connectivity index (χ3v) is 2.65. The fourth-order valence-corrected chi connectivity index (χ4v) is 1.60. The molecule has 1 aromatic heterocycles. The van der Waals surface area contributed by atoms with E-state index < -0.39 is 0 Å². The summed E-state index contributed by atoms with van der Waals surface area (Å²) in [6.07, 6.45) is 4.12. The normalized spacial score (nSPS) is 10.2. The summed E-state index contributed by atoms with van der Waals surface area (Å²) in [5, 5.41) is 8.67. The second-order valence-corrected chi connectivity index (χ2v) is 4.09. The molecule has 1 aromatic rings. The number of aliphatic hydroxyl groups is 1. The van der Waals surface area contributed by atoms with Crippen LogP contribution in [0.15, 0.2) is 18.3 Å². The van der Waals surface area contributed by atoms with Gasteiger partial charge in [-0.2, -0.15) is 0 Å². The Kier molecular flexibility index (Phi) is 6.10. The van der Waals surface area contributed by atoms with Gasteiger partial charge >= 0.3 is 0 Å². The van der Waals surface area contributed by atoms with Crippen LogP contribution in [0.2, 0.25) is 0 Å². The summed E-state index contributed by atoms with van der Waals surface area (Å²) in [5.41, 5.74) is 2.97. The van der Waals surface area contributed by atoms with Crippen molar-refractivity contribution in [3.8, 4) is 0 Å². The molecule has 1 rings (SSSR count). The number of amides is 1. The molecule has 0 aliphatic heterocycles. The topological polar surface area (TPSA) is 91.5 Å². The van der Waals surface area contributed by atoms with E-state index >= 15 is 0 Å². The van der Waals surface area contributed by atoms with Gasteiger partial charge in [0.15, 0.2) is 0 Å². The zero-order valence-electron chi connectivity index (χ0n) is 10.6. The second kappa shape index (κ2) is 7.62. The van der Waals surface area contributed by atoms with E-state index in [2.05, 4.69) is 10.4 Å². The third kappa shape index (κ3) is 4.31. The number of nitrogens with zero attached hydrogens (tertiary/aromatic N) is 2. The molecule has 0 aliphatic rings. The molecule has 0 atom stereocenters. The van der Waals surface area contributed by atoms with Gasteiger partial charge in [-0.25, -0.2) is 10.8 Å². The number of hydrogen-bond donors (Lipinski definition) is 3. The molecule has 6 heteroatoms. The molecule has 0 aliphatic carbocycles. The molecule has 1 heterocycles. The molecular weight excluding hydrogens is 232 g/mol. The van der Waals surface area contributed by atoms with Crippen molar-refractivity contribution in [2.24, 2.45) is 5.84 Å². The summed E-state index contributed by atoms with van der Waals surface area (Å²) < 4.78 is 0. The zero-order chi connectivity index (χ0) is 13.4. The molecule has 100 valence electrons. The maximum atomic E-state index is 12.1. The van der Waals surface area contributed by atoms with Crippen LogP contribution in [0.1, 0.15) is 29.6 Å². The lowest BCUT2D eigenvalue weighted by Gasteiger charge is -2.17. The van der Waals surface area contributed by atoms with Gasteiger partial charge in [0.25, 0.3) is 5.91 Å². The van der Waals surface area contributed by atoms with Crippen LogP contribution in [0.5, 0.6) is 0 Å². The third-order valence-electron chi connectivity index (χ3n) is 2.65. The van der Waals surface area contributed by atoms with E-state index in [1.807, 2.05) is 0 Å². The Morgan fingerprint density at radius 3 is 2.94 bits per heavy atom. The van der Waals surface area contributed by atoms with Crippen molar-refractivity contribution in [3.05, 3.63) is 23.9 Å². The van der Waals surface area contributed by atoms with Crippen molar-refractivity contribution in [1.82, 2.24) is 9.88 Å². The number of nitrogens with two attached hydrogens (primary N) is 1. The first kappa shape index (κ1) is 14.4. The Balaban J connectivity index is 2.51. The minimum absolute atomic E-state index is 0.0575. The van der Waals surface area contributed by atoms with Gasteiger partial charge in [0.2, 0.25) is 0 Å². The van der Waals surface area contributed by atoms with E-state index in [4.69, 9.17) is 10.9 Å². The van der Waals surface area contributed by atoms with Crippen molar-refractivity contribution in [3.63, 3.8) is 0 Å². The number of hydrogen-bond acceptors (Lipinski definition) is 5. The highest BCUT2D eigenvalue weighted by molar-refractivity contribution is 5.94. The maximum Gasteiger partial charge on any atom is 0.253 e. The molecule has 0 radical (unpaired) electrons. The van der Waals surface area contributed by atoms with E-state index in [1.165, 1.54) is 0 Å². The van der Waals surface area contributed by atoms with Crippen molar-refractivity contribution in [2.75, 3.05) is 25.6 Å². The highest BCUT2D eigenvalue weighted by Crippen LogP contribution is 2.08. The van der Waals surface area contributed by atoms with Gasteiger partial charge in [0.1, 0.15) is 5.82 Å². The van der Waals surface area contributed by atoms with Gasteiger partial charge in [-0.05, 0) is 31.4 Å². The number of unbranched alkanes of at least 4 members (excludes halogenated alkanes) is 2. The zero-order valence-corrected chi connectivity index (χ0v) is 10.6. The average molecular weight is 252 g/mol. The molecule has 0 saturated carbocycles. The maximum absolute atomic E-state index is 12.1. The fourth-order valence-electron chi connectivity index (χ4n) is 1.60. The fraction of sp³-hybridized carbons (Fsp3) is 0.500. The number of pyridine rings is 1. The van der Waals surface area contributed by atoms with Crippen molar-refractivity contribution in [1.29, 1.82) is 0 Å². The number of rotatable bonds is 7. The first-order valence-electron chi connectivity index (χ1n) is 5.98. The van der Waals surface area contributed by atoms with Crippen molar-refractivity contribution in [2.45, 2.75) is 19.3 Å². The van der Waals surface area contributed by atoms with Crippen LogP contribution in [0.3, 0.4) is 0 Å². The standard InChI is InChI=1S/C12H20N4O2/c1-16(7-3-2-4-8-17)12(18)10-5-6-14-11(9-10)15-13/h5-6,9,17H,2-4,7-8,13H2,1H3,(H,14,15). The minimum atomic E-state index is -0.0575. The lowest BCUT2D eigenvalue weighted by molar-refractivity contribution is 0.0792. The monoisotopic (exact) mass is 252 g/mol. The summed E-state index contributed by atoms with van der Waals surface area (Å²) in [4.78, 5) is 17.7. The number of carbonyl (C=O) groups excluding carboxylic acids is 1. The molecule has 0 unspecified atom stereocenters. The number of nitrogens with one attached hydrogen (secondary N) is 1. The quantitative estimate of drug-likeness (QED) is 0.375. The molecule has 18 heavy (non-hydrogen) atoms. The van der Waals surface area contributed by atoms with E-state index in [9.17, 15) is 4.79 Å². The average Bonchev–Trinajstić information content (AvgIpc) is 2.42. The Morgan fingerprint density at radius 1 is 1.50 bits per heavy atom. The molecular formula is C12H20N4O2. The largest absolute Gasteiger partial charge is 0.396 e. The molecule has 0 aromatic carbocycles. The summed E-state index contributed by atoms with van der Waals surface area (Å²) in [6.45, 7) is 0.875. The molecule has 6 nitrogen and oxygen atoms in total. The summed E-state index contributed by atoms with van der Waals surface area (Å²) in [7, 11) is 1.76. The number of nitrogen functional groups attached to an aromatic ring is 1. The summed E-state index contributed by atoms with van der Waals surface area (Å²) >= 11 is 0. The van der Waals surface area contributed by atoms with Crippen LogP contribution >= 0.6 is 0 Å². The van der Waals surface area contributed by atoms with Crippen LogP contribution < -0.4 is 11.3 Å². The van der Waals surface area contributed by atoms with Gasteiger partial charge in [0, 0.05) is 32.0 Å². The summed E-state index contributed by atoms with van der Waals surface area (Å²) in [5.74, 6) is 5.66.